The molecule has 3 atom stereocenters. The normalized spacial score (nSPS) is 27.0. The van der Waals surface area contributed by atoms with Crippen LogP contribution < -0.4 is 21.2 Å². The highest BCUT2D eigenvalue weighted by Gasteiger charge is 2.65. The first-order chi connectivity index (χ1) is 17.2. The van der Waals surface area contributed by atoms with Gasteiger partial charge in [-0.3, -0.25) is 5.32 Å². The zero-order valence-corrected chi connectivity index (χ0v) is 21.8. The fraction of sp³-hybridized carbons (Fsp3) is 0.333. The maximum Gasteiger partial charge on any atom is 0.142 e. The minimum atomic E-state index is -2.01. The molecule has 0 saturated heterocycles. The molecule has 3 aliphatic rings. The molecule has 178 valence electrons. The molecule has 0 bridgehead atoms. The van der Waals surface area contributed by atoms with Crippen LogP contribution in [0.4, 0.5) is 0 Å². The van der Waals surface area contributed by atoms with Crippen molar-refractivity contribution in [3.63, 3.8) is 0 Å². The molecule has 1 nitrogen and oxygen atoms in total. The standard InChI is InChI=1S/C33H37NP/c1-33(25-26-15-7-3-2-4-8-16-26)34-30-23-13-17-27-18-14-24-31(32(27)30)35(33,28-19-9-5-10-20-28)29-21-11-6-12-22-29/h3,5-12,14,16,18-22,24,26,30,34H,2,4,13,15,17,23,25H2,1H3/q+1. The predicted molar refractivity (Wildman–Crippen MR) is 153 cm³/mol. The van der Waals surface area contributed by atoms with Crippen LogP contribution >= 0.6 is 7.26 Å². The van der Waals surface area contributed by atoms with Crippen molar-refractivity contribution in [2.75, 3.05) is 0 Å². The van der Waals surface area contributed by atoms with Crippen LogP contribution in [0.2, 0.25) is 0 Å². The molecule has 2 heteroatoms. The Kier molecular flexibility index (Phi) is 6.25. The molecule has 1 aliphatic heterocycles. The molecular formula is C33H37NP+. The first-order valence-electron chi connectivity index (χ1n) is 13.4. The molecule has 0 radical (unpaired) electrons. The van der Waals surface area contributed by atoms with Crippen LogP contribution in [0.1, 0.15) is 62.6 Å². The first-order valence-corrected chi connectivity index (χ1v) is 15.2. The zero-order chi connectivity index (χ0) is 23.7. The average Bonchev–Trinajstić information content (AvgIpc) is 2.87. The highest BCUT2D eigenvalue weighted by atomic mass is 31.2. The lowest BCUT2D eigenvalue weighted by atomic mass is 9.86. The summed E-state index contributed by atoms with van der Waals surface area (Å²) in [7, 11) is -2.01. The van der Waals surface area contributed by atoms with Crippen LogP contribution in [0.3, 0.4) is 0 Å². The Hall–Kier alpha value is -2.47. The molecular weight excluding hydrogens is 441 g/mol. The van der Waals surface area contributed by atoms with Crippen molar-refractivity contribution in [2.24, 2.45) is 5.92 Å². The van der Waals surface area contributed by atoms with Crippen LogP contribution in [-0.4, -0.2) is 5.28 Å². The Morgan fingerprint density at radius 3 is 2.29 bits per heavy atom. The van der Waals surface area contributed by atoms with E-state index in [0.29, 0.717) is 12.0 Å². The minimum Gasteiger partial charge on any atom is -0.272 e. The van der Waals surface area contributed by atoms with Crippen molar-refractivity contribution in [1.82, 2.24) is 5.32 Å². The molecule has 0 fully saturated rings. The molecule has 1 N–H and O–H groups in total. The number of nitrogens with one attached hydrogen (secondary N) is 1. The van der Waals surface area contributed by atoms with Gasteiger partial charge >= 0.3 is 0 Å². The summed E-state index contributed by atoms with van der Waals surface area (Å²) in [6.45, 7) is 2.57. The molecule has 3 aromatic carbocycles. The third kappa shape index (κ3) is 3.85. The van der Waals surface area contributed by atoms with Gasteiger partial charge in [-0.2, -0.15) is 0 Å². The molecule has 0 aromatic heterocycles. The summed E-state index contributed by atoms with van der Waals surface area (Å²) >= 11 is 0. The summed E-state index contributed by atoms with van der Waals surface area (Å²) in [6.07, 6.45) is 18.1. The Balaban J connectivity index is 1.64. The molecule has 2 aliphatic carbocycles. The van der Waals surface area contributed by atoms with E-state index in [1.165, 1.54) is 36.3 Å². The second-order valence-corrected chi connectivity index (χ2v) is 14.6. The van der Waals surface area contributed by atoms with E-state index in [-0.39, 0.29) is 5.28 Å². The molecule has 3 unspecified atom stereocenters. The second-order valence-electron chi connectivity index (χ2n) is 10.7. The van der Waals surface area contributed by atoms with Crippen molar-refractivity contribution >= 4 is 23.2 Å². The molecule has 0 saturated carbocycles. The minimum absolute atomic E-state index is 0.0363. The number of aryl methyl sites for hydroxylation is 1. The van der Waals surface area contributed by atoms with E-state index >= 15 is 0 Å². The number of hydrogen-bond acceptors (Lipinski definition) is 1. The van der Waals surface area contributed by atoms with Crippen molar-refractivity contribution in [3.05, 3.63) is 114 Å². The van der Waals surface area contributed by atoms with Crippen molar-refractivity contribution in [2.45, 2.75) is 63.2 Å². The third-order valence-electron chi connectivity index (χ3n) is 8.51. The van der Waals surface area contributed by atoms with Gasteiger partial charge in [0.05, 0.1) is 0 Å². The monoisotopic (exact) mass is 478 g/mol. The maximum absolute atomic E-state index is 4.39. The van der Waals surface area contributed by atoms with E-state index in [1.54, 1.807) is 16.4 Å². The first kappa shape index (κ1) is 23.0. The number of rotatable bonds is 4. The van der Waals surface area contributed by atoms with Gasteiger partial charge in [-0.05, 0) is 87.3 Å². The SMILES string of the molecule is CC1(CC2C=CCCC=CC2)NC2CCCc3cccc(c32)[P+]1(c1ccccc1)c1ccccc1. The highest BCUT2D eigenvalue weighted by molar-refractivity contribution is 7.97. The molecule has 0 amide bonds. The topological polar surface area (TPSA) is 12.0 Å². The van der Waals surface area contributed by atoms with E-state index in [4.69, 9.17) is 0 Å². The van der Waals surface area contributed by atoms with Crippen LogP contribution in [0.15, 0.2) is 103 Å². The Morgan fingerprint density at radius 2 is 1.54 bits per heavy atom. The number of hydrogen-bond donors (Lipinski definition) is 1. The lowest BCUT2D eigenvalue weighted by molar-refractivity contribution is 0.332. The van der Waals surface area contributed by atoms with E-state index in [1.807, 2.05) is 0 Å². The Bertz CT molecular complexity index is 1190. The average molecular weight is 479 g/mol. The second kappa shape index (κ2) is 9.53. The summed E-state index contributed by atoms with van der Waals surface area (Å²) in [4.78, 5) is 0. The molecule has 3 aromatic rings. The van der Waals surface area contributed by atoms with Crippen molar-refractivity contribution in [1.29, 1.82) is 0 Å². The van der Waals surface area contributed by atoms with Gasteiger partial charge in [0.25, 0.3) is 0 Å². The van der Waals surface area contributed by atoms with E-state index in [2.05, 4.69) is 115 Å². The molecule has 6 rings (SSSR count). The summed E-state index contributed by atoms with van der Waals surface area (Å²) in [5, 5.41) is 8.99. The summed E-state index contributed by atoms with van der Waals surface area (Å²) < 4.78 is 0. The van der Waals surface area contributed by atoms with Crippen LogP contribution in [0, 0.1) is 5.92 Å². The van der Waals surface area contributed by atoms with Gasteiger partial charge in [0.2, 0.25) is 0 Å². The van der Waals surface area contributed by atoms with Crippen molar-refractivity contribution < 1.29 is 0 Å². The van der Waals surface area contributed by atoms with Gasteiger partial charge in [0.1, 0.15) is 28.5 Å². The smallest absolute Gasteiger partial charge is 0.142 e. The fourth-order valence-corrected chi connectivity index (χ4v) is 12.7. The lowest BCUT2D eigenvalue weighted by Crippen LogP contribution is -2.61. The van der Waals surface area contributed by atoms with E-state index in [0.717, 1.165) is 19.3 Å². The highest BCUT2D eigenvalue weighted by Crippen LogP contribution is 2.70. The van der Waals surface area contributed by atoms with E-state index < -0.39 is 7.26 Å². The predicted octanol–water partition coefficient (Wildman–Crippen LogP) is 6.98. The van der Waals surface area contributed by atoms with Gasteiger partial charge in [0, 0.05) is 18.0 Å². The summed E-state index contributed by atoms with van der Waals surface area (Å²) in [5.74, 6) is 0.546. The number of allylic oxidation sites excluding steroid dienone is 4. The Labute approximate surface area is 211 Å². The number of benzene rings is 3. The summed E-state index contributed by atoms with van der Waals surface area (Å²) in [6, 6.07) is 30.7. The maximum atomic E-state index is 4.39. The van der Waals surface area contributed by atoms with Crippen molar-refractivity contribution in [3.8, 4) is 0 Å². The Morgan fingerprint density at radius 1 is 0.829 bits per heavy atom. The molecule has 1 heterocycles. The lowest BCUT2D eigenvalue weighted by Gasteiger charge is -2.51. The van der Waals surface area contributed by atoms with Crippen LogP contribution in [0.5, 0.6) is 0 Å². The zero-order valence-electron chi connectivity index (χ0n) is 20.9. The largest absolute Gasteiger partial charge is 0.272 e. The van der Waals surface area contributed by atoms with E-state index in [9.17, 15) is 0 Å². The van der Waals surface area contributed by atoms with Gasteiger partial charge in [0.15, 0.2) is 0 Å². The molecule has 35 heavy (non-hydrogen) atoms. The fourth-order valence-electron chi connectivity index (χ4n) is 7.14. The van der Waals surface area contributed by atoms with Gasteiger partial charge in [-0.1, -0.05) is 72.8 Å². The van der Waals surface area contributed by atoms with Gasteiger partial charge in [-0.25, -0.2) is 0 Å². The van der Waals surface area contributed by atoms with Gasteiger partial charge < -0.3 is 0 Å². The van der Waals surface area contributed by atoms with Crippen LogP contribution in [0.25, 0.3) is 0 Å². The van der Waals surface area contributed by atoms with Gasteiger partial charge in [-0.15, -0.1) is 0 Å². The molecule has 0 spiro atoms. The quantitative estimate of drug-likeness (QED) is 0.315. The third-order valence-corrected chi connectivity index (χ3v) is 13.6. The summed E-state index contributed by atoms with van der Waals surface area (Å²) in [5.41, 5.74) is 3.18. The van der Waals surface area contributed by atoms with Crippen LogP contribution in [-0.2, 0) is 6.42 Å².